The first kappa shape index (κ1) is 21.5. The minimum atomic E-state index is -0.291. The van der Waals surface area contributed by atoms with Gasteiger partial charge in [0.05, 0.1) is 12.3 Å². The quantitative estimate of drug-likeness (QED) is 0.550. The van der Waals surface area contributed by atoms with E-state index < -0.39 is 0 Å². The molecule has 3 aromatic rings. The van der Waals surface area contributed by atoms with Crippen LogP contribution >= 0.6 is 0 Å². The molecule has 1 aliphatic heterocycles. The monoisotopic (exact) mass is 432 g/mol. The zero-order valence-corrected chi connectivity index (χ0v) is 17.9. The van der Waals surface area contributed by atoms with Crippen LogP contribution in [0.2, 0.25) is 0 Å². The largest absolute Gasteiger partial charge is 0.494 e. The van der Waals surface area contributed by atoms with E-state index in [9.17, 15) is 9.18 Å². The van der Waals surface area contributed by atoms with E-state index in [1.54, 1.807) is 23.1 Å². The van der Waals surface area contributed by atoms with Crippen molar-refractivity contribution in [3.8, 4) is 17.0 Å². The van der Waals surface area contributed by atoms with Gasteiger partial charge in [-0.2, -0.15) is 0 Å². The summed E-state index contributed by atoms with van der Waals surface area (Å²) in [7, 11) is 0. The number of rotatable bonds is 6. The number of anilines is 1. The molecule has 32 heavy (non-hydrogen) atoms. The van der Waals surface area contributed by atoms with Gasteiger partial charge in [-0.05, 0) is 67.1 Å². The van der Waals surface area contributed by atoms with Crippen LogP contribution in [0.4, 0.5) is 10.2 Å². The number of ether oxygens (including phenoxy) is 1. The second-order valence-electron chi connectivity index (χ2n) is 7.43. The molecule has 6 nitrogen and oxygen atoms in total. The number of aromatic nitrogens is 2. The number of amides is 1. The van der Waals surface area contributed by atoms with Gasteiger partial charge in [-0.15, -0.1) is 10.2 Å². The lowest BCUT2D eigenvalue weighted by atomic mass is 10.1. The first-order valence-corrected chi connectivity index (χ1v) is 10.7. The summed E-state index contributed by atoms with van der Waals surface area (Å²) in [6.07, 6.45) is 3.24. The SMILES string of the molecule is CCOc1ccc(-c2ccc(N3CCN(C(=O)/C=C/c4ccc(F)cc4)CC3)nn2)cc1. The lowest BCUT2D eigenvalue weighted by Gasteiger charge is -2.34. The highest BCUT2D eigenvalue weighted by Gasteiger charge is 2.20. The zero-order chi connectivity index (χ0) is 22.3. The molecule has 1 aromatic heterocycles. The van der Waals surface area contributed by atoms with Crippen LogP contribution in [0.1, 0.15) is 12.5 Å². The third kappa shape index (κ3) is 5.29. The van der Waals surface area contributed by atoms with E-state index in [0.29, 0.717) is 32.8 Å². The van der Waals surface area contributed by atoms with Crippen molar-refractivity contribution in [3.63, 3.8) is 0 Å². The van der Waals surface area contributed by atoms with Crippen molar-refractivity contribution in [2.45, 2.75) is 6.92 Å². The molecule has 4 rings (SSSR count). The first-order valence-electron chi connectivity index (χ1n) is 10.7. The molecule has 2 heterocycles. The number of halogens is 1. The van der Waals surface area contributed by atoms with E-state index in [1.165, 1.54) is 18.2 Å². The van der Waals surface area contributed by atoms with Crippen molar-refractivity contribution < 1.29 is 13.9 Å². The molecule has 0 bridgehead atoms. The van der Waals surface area contributed by atoms with Crippen molar-refractivity contribution in [1.82, 2.24) is 15.1 Å². The number of piperazine rings is 1. The Morgan fingerprint density at radius 3 is 2.31 bits per heavy atom. The standard InChI is InChI=1S/C25H25FN4O2/c1-2-32-22-10-6-20(7-11-22)23-12-13-24(28-27-23)29-15-17-30(18-16-29)25(31)14-5-19-3-8-21(26)9-4-19/h3-14H,2,15-18H2,1H3/b14-5+. The molecule has 0 aliphatic carbocycles. The van der Waals surface area contributed by atoms with Gasteiger partial charge < -0.3 is 14.5 Å². The van der Waals surface area contributed by atoms with Gasteiger partial charge in [-0.3, -0.25) is 4.79 Å². The van der Waals surface area contributed by atoms with Crippen molar-refractivity contribution >= 4 is 17.8 Å². The number of carbonyl (C=O) groups is 1. The maximum atomic E-state index is 13.0. The normalized spacial score (nSPS) is 14.1. The van der Waals surface area contributed by atoms with Crippen molar-refractivity contribution in [3.05, 3.63) is 78.1 Å². The Balaban J connectivity index is 1.31. The molecular weight excluding hydrogens is 407 g/mol. The fourth-order valence-electron chi connectivity index (χ4n) is 3.54. The van der Waals surface area contributed by atoms with Crippen molar-refractivity contribution in [2.75, 3.05) is 37.7 Å². The summed E-state index contributed by atoms with van der Waals surface area (Å²) in [6.45, 7) is 5.18. The van der Waals surface area contributed by atoms with E-state index in [1.807, 2.05) is 43.3 Å². The maximum absolute atomic E-state index is 13.0. The van der Waals surface area contributed by atoms with Gasteiger partial charge in [-0.25, -0.2) is 4.39 Å². The molecule has 1 aliphatic rings. The lowest BCUT2D eigenvalue weighted by Crippen LogP contribution is -2.48. The van der Waals surface area contributed by atoms with Gasteiger partial charge in [-0.1, -0.05) is 12.1 Å². The Kier molecular flexibility index (Phi) is 6.75. The summed E-state index contributed by atoms with van der Waals surface area (Å²) in [5, 5.41) is 8.76. The van der Waals surface area contributed by atoms with E-state index in [2.05, 4.69) is 15.1 Å². The summed E-state index contributed by atoms with van der Waals surface area (Å²) in [5.74, 6) is 1.29. The Morgan fingerprint density at radius 2 is 1.69 bits per heavy atom. The Bertz CT molecular complexity index is 1060. The van der Waals surface area contributed by atoms with Crippen LogP contribution < -0.4 is 9.64 Å². The van der Waals surface area contributed by atoms with Crippen LogP contribution in [0.25, 0.3) is 17.3 Å². The molecule has 0 atom stereocenters. The number of hydrogen-bond donors (Lipinski definition) is 0. The van der Waals surface area contributed by atoms with Gasteiger partial charge in [0.2, 0.25) is 5.91 Å². The fraction of sp³-hybridized carbons (Fsp3) is 0.240. The van der Waals surface area contributed by atoms with E-state index >= 15 is 0 Å². The Morgan fingerprint density at radius 1 is 0.969 bits per heavy atom. The summed E-state index contributed by atoms with van der Waals surface area (Å²) in [6, 6.07) is 17.8. The molecular formula is C25H25FN4O2. The highest BCUT2D eigenvalue weighted by molar-refractivity contribution is 5.92. The summed E-state index contributed by atoms with van der Waals surface area (Å²) < 4.78 is 18.5. The minimum Gasteiger partial charge on any atom is -0.494 e. The lowest BCUT2D eigenvalue weighted by molar-refractivity contribution is -0.126. The van der Waals surface area contributed by atoms with E-state index in [4.69, 9.17) is 4.74 Å². The molecule has 0 N–H and O–H groups in total. The van der Waals surface area contributed by atoms with Crippen molar-refractivity contribution in [2.24, 2.45) is 0 Å². The van der Waals surface area contributed by atoms with Gasteiger partial charge >= 0.3 is 0 Å². The summed E-state index contributed by atoms with van der Waals surface area (Å²) in [4.78, 5) is 16.4. The van der Waals surface area contributed by atoms with Crippen LogP contribution in [-0.2, 0) is 4.79 Å². The van der Waals surface area contributed by atoms with Gasteiger partial charge in [0.15, 0.2) is 5.82 Å². The van der Waals surface area contributed by atoms with Crippen LogP contribution in [0.5, 0.6) is 5.75 Å². The number of nitrogens with zero attached hydrogens (tertiary/aromatic N) is 4. The fourth-order valence-corrected chi connectivity index (χ4v) is 3.54. The van der Waals surface area contributed by atoms with Gasteiger partial charge in [0.25, 0.3) is 0 Å². The molecule has 1 fully saturated rings. The smallest absolute Gasteiger partial charge is 0.246 e. The van der Waals surface area contributed by atoms with Crippen LogP contribution in [0.15, 0.2) is 66.7 Å². The number of benzene rings is 2. The average molecular weight is 432 g/mol. The molecule has 1 saturated heterocycles. The molecule has 0 unspecified atom stereocenters. The number of hydrogen-bond acceptors (Lipinski definition) is 5. The summed E-state index contributed by atoms with van der Waals surface area (Å²) >= 11 is 0. The second kappa shape index (κ2) is 10.0. The third-order valence-electron chi connectivity index (χ3n) is 5.32. The minimum absolute atomic E-state index is 0.0501. The van der Waals surface area contributed by atoms with Crippen LogP contribution in [-0.4, -0.2) is 53.8 Å². The predicted molar refractivity (Wildman–Crippen MR) is 123 cm³/mol. The predicted octanol–water partition coefficient (Wildman–Crippen LogP) is 4.04. The topological polar surface area (TPSA) is 58.6 Å². The molecule has 164 valence electrons. The molecule has 2 aromatic carbocycles. The molecule has 7 heteroatoms. The highest BCUT2D eigenvalue weighted by Crippen LogP contribution is 2.22. The average Bonchev–Trinajstić information content (AvgIpc) is 2.84. The second-order valence-corrected chi connectivity index (χ2v) is 7.43. The van der Waals surface area contributed by atoms with Crippen LogP contribution in [0, 0.1) is 5.82 Å². The zero-order valence-electron chi connectivity index (χ0n) is 17.9. The number of carbonyl (C=O) groups excluding carboxylic acids is 1. The van der Waals surface area contributed by atoms with Crippen molar-refractivity contribution in [1.29, 1.82) is 0 Å². The first-order chi connectivity index (χ1) is 15.6. The molecule has 1 amide bonds. The Hall–Kier alpha value is -3.74. The van der Waals surface area contributed by atoms with E-state index in [0.717, 1.165) is 28.4 Å². The van der Waals surface area contributed by atoms with Gasteiger partial charge in [0.1, 0.15) is 11.6 Å². The summed E-state index contributed by atoms with van der Waals surface area (Å²) in [5.41, 5.74) is 2.58. The molecule has 0 radical (unpaired) electrons. The molecule has 0 saturated carbocycles. The third-order valence-corrected chi connectivity index (χ3v) is 5.32. The van der Waals surface area contributed by atoms with Gasteiger partial charge in [0, 0.05) is 37.8 Å². The molecule has 0 spiro atoms. The van der Waals surface area contributed by atoms with E-state index in [-0.39, 0.29) is 11.7 Å². The van der Waals surface area contributed by atoms with Crippen LogP contribution in [0.3, 0.4) is 0 Å². The Labute approximate surface area is 187 Å². The highest BCUT2D eigenvalue weighted by atomic mass is 19.1. The maximum Gasteiger partial charge on any atom is 0.246 e.